The first-order valence-corrected chi connectivity index (χ1v) is 16.3. The van der Waals surface area contributed by atoms with E-state index in [4.69, 9.17) is 11.6 Å². The number of anilines is 1. The van der Waals surface area contributed by atoms with Crippen molar-refractivity contribution in [3.63, 3.8) is 0 Å². The molecule has 0 aliphatic carbocycles. The third-order valence-electron chi connectivity index (χ3n) is 6.85. The van der Waals surface area contributed by atoms with E-state index in [0.717, 1.165) is 29.5 Å². The van der Waals surface area contributed by atoms with Crippen molar-refractivity contribution >= 4 is 39.1 Å². The van der Waals surface area contributed by atoms with Crippen molar-refractivity contribution in [3.8, 4) is 0 Å². The molecule has 1 unspecified atom stereocenters. The Balaban J connectivity index is 1.86. The van der Waals surface area contributed by atoms with E-state index in [9.17, 15) is 18.0 Å². The molecule has 3 aromatic carbocycles. The molecule has 0 bridgehead atoms. The molecule has 1 atom stereocenters. The minimum absolute atomic E-state index is 0.0754. The molecule has 7 nitrogen and oxygen atoms in total. The molecule has 0 aromatic heterocycles. The lowest BCUT2D eigenvalue weighted by atomic mass is 10.0. The zero-order valence-electron chi connectivity index (χ0n) is 24.1. The van der Waals surface area contributed by atoms with Gasteiger partial charge < -0.3 is 10.2 Å². The second-order valence-corrected chi connectivity index (χ2v) is 12.5. The Hall–Kier alpha value is -3.36. The number of halogens is 1. The van der Waals surface area contributed by atoms with Crippen LogP contribution in [0, 0.1) is 0 Å². The van der Waals surface area contributed by atoms with Gasteiger partial charge in [0, 0.05) is 37.5 Å². The van der Waals surface area contributed by atoms with Crippen LogP contribution in [0.3, 0.4) is 0 Å². The first-order chi connectivity index (χ1) is 19.6. The summed E-state index contributed by atoms with van der Waals surface area (Å²) in [6.07, 6.45) is 3.51. The van der Waals surface area contributed by atoms with Gasteiger partial charge in [-0.15, -0.1) is 0 Å². The average molecular weight is 598 g/mol. The summed E-state index contributed by atoms with van der Waals surface area (Å²) in [6, 6.07) is 23.5. The molecule has 3 aromatic rings. The normalized spacial score (nSPS) is 12.0. The molecule has 220 valence electrons. The Morgan fingerprint density at radius 2 is 1.59 bits per heavy atom. The summed E-state index contributed by atoms with van der Waals surface area (Å²) in [4.78, 5) is 28.9. The maximum Gasteiger partial charge on any atom is 0.243 e. The lowest BCUT2D eigenvalue weighted by Crippen LogP contribution is -2.50. The van der Waals surface area contributed by atoms with E-state index in [2.05, 4.69) is 5.32 Å². The monoisotopic (exact) mass is 597 g/mol. The van der Waals surface area contributed by atoms with Crippen molar-refractivity contribution in [2.75, 3.05) is 23.7 Å². The quantitative estimate of drug-likeness (QED) is 0.247. The van der Waals surface area contributed by atoms with Crippen molar-refractivity contribution in [1.82, 2.24) is 10.2 Å². The van der Waals surface area contributed by atoms with Gasteiger partial charge in [-0.1, -0.05) is 80.0 Å². The summed E-state index contributed by atoms with van der Waals surface area (Å²) < 4.78 is 26.6. The summed E-state index contributed by atoms with van der Waals surface area (Å²) in [5.41, 5.74) is 3.42. The van der Waals surface area contributed by atoms with E-state index in [-0.39, 0.29) is 31.3 Å². The highest BCUT2D eigenvalue weighted by molar-refractivity contribution is 7.92. The highest BCUT2D eigenvalue weighted by atomic mass is 35.5. The highest BCUT2D eigenvalue weighted by Crippen LogP contribution is 2.22. The maximum absolute atomic E-state index is 13.8. The standard InChI is InChI=1S/C32H40ClN3O4S/c1-4-20-34-32(38)30(23-26-11-7-6-8-12-26)35(24-27-13-9-14-28(33)22-27)31(37)15-10-21-36(41(3,39)40)29-18-16-25(5-2)17-19-29/h6-9,11-14,16-19,22,30H,4-5,10,15,20-21,23-24H2,1-3H3,(H,34,38). The number of benzene rings is 3. The van der Waals surface area contributed by atoms with E-state index < -0.39 is 16.1 Å². The fraction of sp³-hybridized carbons (Fsp3) is 0.375. The number of nitrogens with one attached hydrogen (secondary N) is 1. The number of carbonyl (C=O) groups excluding carboxylic acids is 2. The third-order valence-corrected chi connectivity index (χ3v) is 8.28. The van der Waals surface area contributed by atoms with Gasteiger partial charge in [0.2, 0.25) is 21.8 Å². The molecule has 0 aliphatic heterocycles. The Morgan fingerprint density at radius 1 is 0.902 bits per heavy atom. The van der Waals surface area contributed by atoms with Crippen LogP contribution in [-0.2, 0) is 39.0 Å². The largest absolute Gasteiger partial charge is 0.354 e. The topological polar surface area (TPSA) is 86.8 Å². The molecule has 0 saturated carbocycles. The van der Waals surface area contributed by atoms with Crippen molar-refractivity contribution < 1.29 is 18.0 Å². The summed E-state index contributed by atoms with van der Waals surface area (Å²) >= 11 is 6.24. The number of hydrogen-bond acceptors (Lipinski definition) is 4. The number of hydrogen-bond donors (Lipinski definition) is 1. The highest BCUT2D eigenvalue weighted by Gasteiger charge is 2.30. The van der Waals surface area contributed by atoms with Crippen LogP contribution in [0.5, 0.6) is 0 Å². The lowest BCUT2D eigenvalue weighted by molar-refractivity contribution is -0.141. The van der Waals surface area contributed by atoms with Crippen LogP contribution < -0.4 is 9.62 Å². The van der Waals surface area contributed by atoms with Crippen molar-refractivity contribution in [2.45, 2.75) is 58.5 Å². The van der Waals surface area contributed by atoms with E-state index >= 15 is 0 Å². The van der Waals surface area contributed by atoms with Gasteiger partial charge in [0.1, 0.15) is 6.04 Å². The lowest BCUT2D eigenvalue weighted by Gasteiger charge is -2.32. The van der Waals surface area contributed by atoms with Gasteiger partial charge in [-0.3, -0.25) is 13.9 Å². The first-order valence-electron chi connectivity index (χ1n) is 14.0. The molecule has 2 amide bonds. The van der Waals surface area contributed by atoms with Crippen molar-refractivity contribution in [3.05, 3.63) is 101 Å². The number of aryl methyl sites for hydroxylation is 1. The van der Waals surface area contributed by atoms with Crippen molar-refractivity contribution in [2.24, 2.45) is 0 Å². The SMILES string of the molecule is CCCNC(=O)C(Cc1ccccc1)N(Cc1cccc(Cl)c1)C(=O)CCCN(c1ccc(CC)cc1)S(C)(=O)=O. The van der Waals surface area contributed by atoms with Crippen LogP contribution in [-0.4, -0.2) is 50.5 Å². The smallest absolute Gasteiger partial charge is 0.243 e. The fourth-order valence-electron chi connectivity index (χ4n) is 4.65. The summed E-state index contributed by atoms with van der Waals surface area (Å²) in [5, 5.41) is 3.51. The predicted molar refractivity (Wildman–Crippen MR) is 166 cm³/mol. The Labute approximate surface area is 249 Å². The number of rotatable bonds is 15. The molecule has 1 N–H and O–H groups in total. The second-order valence-electron chi connectivity index (χ2n) is 10.1. The van der Waals surface area contributed by atoms with Crippen LogP contribution in [0.25, 0.3) is 0 Å². The van der Waals surface area contributed by atoms with Gasteiger partial charge in [0.15, 0.2) is 0 Å². The molecule has 9 heteroatoms. The van der Waals surface area contributed by atoms with Crippen LogP contribution >= 0.6 is 11.6 Å². The van der Waals surface area contributed by atoms with Gasteiger partial charge in [-0.05, 0) is 60.2 Å². The fourth-order valence-corrected chi connectivity index (χ4v) is 5.83. The van der Waals surface area contributed by atoms with Gasteiger partial charge in [0.25, 0.3) is 0 Å². The summed E-state index contributed by atoms with van der Waals surface area (Å²) in [6.45, 7) is 4.86. The van der Waals surface area contributed by atoms with Gasteiger partial charge in [-0.2, -0.15) is 0 Å². The Kier molecular flexibility index (Phi) is 12.2. The zero-order valence-corrected chi connectivity index (χ0v) is 25.6. The Bertz CT molecular complexity index is 1380. The van der Waals surface area contributed by atoms with Gasteiger partial charge in [0.05, 0.1) is 11.9 Å². The van der Waals surface area contributed by atoms with Gasteiger partial charge >= 0.3 is 0 Å². The summed E-state index contributed by atoms with van der Waals surface area (Å²) in [5.74, 6) is -0.452. The molecule has 0 aliphatic rings. The van der Waals surface area contributed by atoms with E-state index in [1.807, 2.05) is 68.4 Å². The third kappa shape index (κ3) is 9.90. The molecule has 0 fully saturated rings. The average Bonchev–Trinajstić information content (AvgIpc) is 2.95. The molecule has 0 spiro atoms. The molecular formula is C32H40ClN3O4S. The minimum Gasteiger partial charge on any atom is -0.354 e. The van der Waals surface area contributed by atoms with E-state index in [1.54, 1.807) is 29.2 Å². The van der Waals surface area contributed by atoms with Crippen LogP contribution in [0.1, 0.15) is 49.8 Å². The predicted octanol–water partition coefficient (Wildman–Crippen LogP) is 5.61. The Morgan fingerprint density at radius 3 is 2.20 bits per heavy atom. The van der Waals surface area contributed by atoms with Gasteiger partial charge in [-0.25, -0.2) is 8.42 Å². The molecule has 3 rings (SSSR count). The van der Waals surface area contributed by atoms with E-state index in [1.165, 1.54) is 10.6 Å². The van der Waals surface area contributed by atoms with Crippen molar-refractivity contribution in [1.29, 1.82) is 0 Å². The zero-order chi connectivity index (χ0) is 29.8. The number of amides is 2. The summed E-state index contributed by atoms with van der Waals surface area (Å²) in [7, 11) is -3.56. The van der Waals surface area contributed by atoms with E-state index in [0.29, 0.717) is 30.1 Å². The van der Waals surface area contributed by atoms with Crippen LogP contribution in [0.4, 0.5) is 5.69 Å². The molecule has 0 radical (unpaired) electrons. The number of nitrogens with zero attached hydrogens (tertiary/aromatic N) is 2. The number of carbonyl (C=O) groups is 2. The molecule has 0 saturated heterocycles. The molecule has 41 heavy (non-hydrogen) atoms. The maximum atomic E-state index is 13.8. The minimum atomic E-state index is -3.56. The molecular weight excluding hydrogens is 558 g/mol. The number of sulfonamides is 1. The molecule has 0 heterocycles. The van der Waals surface area contributed by atoms with Crippen LogP contribution in [0.15, 0.2) is 78.9 Å². The van der Waals surface area contributed by atoms with Crippen LogP contribution in [0.2, 0.25) is 5.02 Å². The first kappa shape index (κ1) is 32.2. The second kappa shape index (κ2) is 15.6.